The summed E-state index contributed by atoms with van der Waals surface area (Å²) in [7, 11) is 0. The zero-order valence-electron chi connectivity index (χ0n) is 7.56. The maximum atomic E-state index is 10.8. The molecule has 0 amide bonds. The minimum Gasteiger partial charge on any atom is -0.268 e. The maximum Gasteiger partial charge on any atom is 0.264 e. The van der Waals surface area contributed by atoms with Crippen molar-refractivity contribution in [2.75, 3.05) is 0 Å². The smallest absolute Gasteiger partial charge is 0.264 e. The Balaban J connectivity index is 2.44. The highest BCUT2D eigenvalue weighted by Gasteiger charge is 1.99. The molecule has 5 nitrogen and oxygen atoms in total. The van der Waals surface area contributed by atoms with Gasteiger partial charge in [0, 0.05) is 24.0 Å². The monoisotopic (exact) mass is 188 g/mol. The summed E-state index contributed by atoms with van der Waals surface area (Å²) in [5.41, 5.74) is 1.22. The highest BCUT2D eigenvalue weighted by atomic mass is 16.1. The van der Waals surface area contributed by atoms with Crippen molar-refractivity contribution in [2.45, 2.75) is 6.92 Å². The van der Waals surface area contributed by atoms with E-state index in [-0.39, 0.29) is 5.56 Å². The predicted molar refractivity (Wildman–Crippen MR) is 50.6 cm³/mol. The molecule has 2 heterocycles. The topological polar surface area (TPSA) is 71.5 Å². The number of hydrogen-bond donors (Lipinski definition) is 1. The fourth-order valence-electron chi connectivity index (χ4n) is 1.03. The first-order valence-corrected chi connectivity index (χ1v) is 4.10. The summed E-state index contributed by atoms with van der Waals surface area (Å²) in [5.74, 6) is 0.707. The van der Waals surface area contributed by atoms with Gasteiger partial charge in [-0.15, -0.1) is 0 Å². The van der Waals surface area contributed by atoms with Crippen LogP contribution >= 0.6 is 0 Å². The third-order valence-corrected chi connectivity index (χ3v) is 1.76. The van der Waals surface area contributed by atoms with E-state index in [1.165, 1.54) is 6.07 Å². The summed E-state index contributed by atoms with van der Waals surface area (Å²) in [5, 5.41) is 6.21. The molecule has 1 N–H and O–H groups in total. The molecule has 0 saturated carbocycles. The van der Waals surface area contributed by atoms with E-state index in [2.05, 4.69) is 20.2 Å². The quantitative estimate of drug-likeness (QED) is 0.708. The van der Waals surface area contributed by atoms with Gasteiger partial charge in [-0.3, -0.25) is 4.79 Å². The Morgan fingerprint density at radius 1 is 1.21 bits per heavy atom. The van der Waals surface area contributed by atoms with Crippen LogP contribution in [0, 0.1) is 6.92 Å². The van der Waals surface area contributed by atoms with Crippen molar-refractivity contribution in [1.82, 2.24) is 20.2 Å². The van der Waals surface area contributed by atoms with E-state index in [0.717, 1.165) is 5.56 Å². The SMILES string of the molecule is Cc1ncc(-c2ccc(=O)[nH]n2)cn1. The van der Waals surface area contributed by atoms with Gasteiger partial charge in [-0.1, -0.05) is 0 Å². The van der Waals surface area contributed by atoms with Crippen LogP contribution in [0.15, 0.2) is 29.3 Å². The Morgan fingerprint density at radius 3 is 2.50 bits per heavy atom. The highest BCUT2D eigenvalue weighted by Crippen LogP contribution is 2.11. The first-order chi connectivity index (χ1) is 6.75. The molecule has 5 heteroatoms. The van der Waals surface area contributed by atoms with E-state index in [1.807, 2.05) is 6.92 Å². The standard InChI is InChI=1S/C9H8N4O/c1-6-10-4-7(5-11-6)8-2-3-9(14)13-12-8/h2-5H,1H3,(H,13,14). The van der Waals surface area contributed by atoms with Crippen LogP contribution in [0.1, 0.15) is 5.82 Å². The van der Waals surface area contributed by atoms with E-state index in [1.54, 1.807) is 18.5 Å². The summed E-state index contributed by atoms with van der Waals surface area (Å²) in [4.78, 5) is 18.8. The number of aromatic nitrogens is 4. The van der Waals surface area contributed by atoms with Gasteiger partial charge < -0.3 is 0 Å². The molecule has 0 spiro atoms. The Labute approximate surface area is 79.9 Å². The first kappa shape index (κ1) is 8.55. The van der Waals surface area contributed by atoms with Gasteiger partial charge in [0.1, 0.15) is 5.82 Å². The van der Waals surface area contributed by atoms with Gasteiger partial charge in [0.05, 0.1) is 5.69 Å². The van der Waals surface area contributed by atoms with Crippen LogP contribution in [0.25, 0.3) is 11.3 Å². The number of hydrogen-bond acceptors (Lipinski definition) is 4. The third kappa shape index (κ3) is 1.66. The fourth-order valence-corrected chi connectivity index (χ4v) is 1.03. The zero-order valence-corrected chi connectivity index (χ0v) is 7.56. The van der Waals surface area contributed by atoms with Crippen LogP contribution < -0.4 is 5.56 Å². The van der Waals surface area contributed by atoms with Crippen molar-refractivity contribution in [2.24, 2.45) is 0 Å². The summed E-state index contributed by atoms with van der Waals surface area (Å²) in [6, 6.07) is 3.05. The lowest BCUT2D eigenvalue weighted by atomic mass is 10.2. The largest absolute Gasteiger partial charge is 0.268 e. The molecule has 0 saturated heterocycles. The molecule has 0 aliphatic rings. The molecule has 2 aromatic heterocycles. The average molecular weight is 188 g/mol. The Hall–Kier alpha value is -2.04. The van der Waals surface area contributed by atoms with Crippen LogP contribution in [0.4, 0.5) is 0 Å². The molecule has 0 aliphatic carbocycles. The molecule has 14 heavy (non-hydrogen) atoms. The minimum atomic E-state index is -0.221. The molecule has 0 aromatic carbocycles. The summed E-state index contributed by atoms with van der Waals surface area (Å²) < 4.78 is 0. The molecule has 0 bridgehead atoms. The fraction of sp³-hybridized carbons (Fsp3) is 0.111. The molecule has 0 radical (unpaired) electrons. The molecular formula is C9H8N4O. The summed E-state index contributed by atoms with van der Waals surface area (Å²) >= 11 is 0. The first-order valence-electron chi connectivity index (χ1n) is 4.10. The molecule has 0 unspecified atom stereocenters. The summed E-state index contributed by atoms with van der Waals surface area (Å²) in [6.45, 7) is 1.81. The van der Waals surface area contributed by atoms with Gasteiger partial charge in [0.15, 0.2) is 0 Å². The highest BCUT2D eigenvalue weighted by molar-refractivity contribution is 5.55. The summed E-state index contributed by atoms with van der Waals surface area (Å²) in [6.07, 6.45) is 3.34. The Bertz CT molecular complexity index is 468. The second-order valence-corrected chi connectivity index (χ2v) is 2.83. The number of rotatable bonds is 1. The van der Waals surface area contributed by atoms with Crippen LogP contribution in [0.3, 0.4) is 0 Å². The van der Waals surface area contributed by atoms with Crippen LogP contribution in [-0.2, 0) is 0 Å². The van der Waals surface area contributed by atoms with E-state index in [9.17, 15) is 4.79 Å². The van der Waals surface area contributed by atoms with E-state index in [0.29, 0.717) is 11.5 Å². The minimum absolute atomic E-state index is 0.221. The number of H-pyrrole nitrogens is 1. The maximum absolute atomic E-state index is 10.8. The molecular weight excluding hydrogens is 180 g/mol. The van der Waals surface area contributed by atoms with E-state index >= 15 is 0 Å². The Kier molecular flexibility index (Phi) is 2.06. The van der Waals surface area contributed by atoms with Crippen molar-refractivity contribution in [3.63, 3.8) is 0 Å². The van der Waals surface area contributed by atoms with Gasteiger partial charge in [-0.25, -0.2) is 15.1 Å². The Morgan fingerprint density at radius 2 is 1.93 bits per heavy atom. The predicted octanol–water partition coefficient (Wildman–Crippen LogP) is 0.535. The van der Waals surface area contributed by atoms with Gasteiger partial charge in [-0.2, -0.15) is 5.10 Å². The third-order valence-electron chi connectivity index (χ3n) is 1.76. The van der Waals surface area contributed by atoms with Crippen molar-refractivity contribution >= 4 is 0 Å². The van der Waals surface area contributed by atoms with E-state index in [4.69, 9.17) is 0 Å². The molecule has 2 rings (SSSR count). The van der Waals surface area contributed by atoms with Gasteiger partial charge >= 0.3 is 0 Å². The van der Waals surface area contributed by atoms with Crippen LogP contribution in [0.5, 0.6) is 0 Å². The van der Waals surface area contributed by atoms with Crippen molar-refractivity contribution in [1.29, 1.82) is 0 Å². The van der Waals surface area contributed by atoms with Gasteiger partial charge in [0.25, 0.3) is 5.56 Å². The number of nitrogens with one attached hydrogen (secondary N) is 1. The lowest BCUT2D eigenvalue weighted by Gasteiger charge is -1.97. The molecule has 70 valence electrons. The normalized spacial score (nSPS) is 10.1. The molecule has 2 aromatic rings. The second-order valence-electron chi connectivity index (χ2n) is 2.83. The van der Waals surface area contributed by atoms with Gasteiger partial charge in [-0.05, 0) is 13.0 Å². The average Bonchev–Trinajstić information content (AvgIpc) is 2.21. The molecule has 0 fully saturated rings. The van der Waals surface area contributed by atoms with Gasteiger partial charge in [0.2, 0.25) is 0 Å². The van der Waals surface area contributed by atoms with E-state index < -0.39 is 0 Å². The lowest BCUT2D eigenvalue weighted by molar-refractivity contribution is 0.984. The molecule has 0 aliphatic heterocycles. The van der Waals surface area contributed by atoms with Crippen LogP contribution in [0.2, 0.25) is 0 Å². The van der Waals surface area contributed by atoms with Crippen LogP contribution in [-0.4, -0.2) is 20.2 Å². The number of nitrogens with zero attached hydrogens (tertiary/aromatic N) is 3. The number of aromatic amines is 1. The van der Waals surface area contributed by atoms with Crippen molar-refractivity contribution < 1.29 is 0 Å². The molecule has 0 atom stereocenters. The van der Waals surface area contributed by atoms with Crippen molar-refractivity contribution in [3.8, 4) is 11.3 Å². The lowest BCUT2D eigenvalue weighted by Crippen LogP contribution is -2.05. The zero-order chi connectivity index (χ0) is 9.97. The van der Waals surface area contributed by atoms with Crippen molar-refractivity contribution in [3.05, 3.63) is 40.7 Å². The number of aryl methyl sites for hydroxylation is 1. The second kappa shape index (κ2) is 3.37.